The second-order valence-corrected chi connectivity index (χ2v) is 4.43. The van der Waals surface area contributed by atoms with Gasteiger partial charge >= 0.3 is 5.69 Å². The van der Waals surface area contributed by atoms with E-state index < -0.39 is 11.2 Å². The standard InChI is InChI=1S/C11H18N4O3/c1-3-15-9(12)8(10(16)14-11(15)17)13-6-4-7(5-6)18-2/h6-7,13H,3-5,12H2,1-2H3,(H,14,16,17). The number of nitrogens with zero attached hydrogens (tertiary/aromatic N) is 1. The molecule has 0 atom stereocenters. The van der Waals surface area contributed by atoms with E-state index in [4.69, 9.17) is 10.5 Å². The summed E-state index contributed by atoms with van der Waals surface area (Å²) in [6.45, 7) is 2.21. The van der Waals surface area contributed by atoms with Gasteiger partial charge in [0.15, 0.2) is 0 Å². The molecule has 0 aromatic carbocycles. The van der Waals surface area contributed by atoms with Crippen molar-refractivity contribution in [1.82, 2.24) is 9.55 Å². The number of aromatic nitrogens is 2. The van der Waals surface area contributed by atoms with Gasteiger partial charge in [-0.05, 0) is 19.8 Å². The highest BCUT2D eigenvalue weighted by Crippen LogP contribution is 2.26. The maximum Gasteiger partial charge on any atom is 0.330 e. The first-order valence-electron chi connectivity index (χ1n) is 5.98. The number of anilines is 2. The summed E-state index contributed by atoms with van der Waals surface area (Å²) < 4.78 is 6.50. The van der Waals surface area contributed by atoms with Crippen LogP contribution in [0.1, 0.15) is 19.8 Å². The lowest BCUT2D eigenvalue weighted by Gasteiger charge is -2.35. The minimum atomic E-state index is -0.478. The molecule has 1 aromatic heterocycles. The van der Waals surface area contributed by atoms with Gasteiger partial charge in [0.05, 0.1) is 6.10 Å². The highest BCUT2D eigenvalue weighted by atomic mass is 16.5. The Kier molecular flexibility index (Phi) is 3.42. The molecule has 0 saturated heterocycles. The van der Waals surface area contributed by atoms with E-state index in [9.17, 15) is 9.59 Å². The van der Waals surface area contributed by atoms with Gasteiger partial charge in [-0.2, -0.15) is 0 Å². The number of H-pyrrole nitrogens is 1. The van der Waals surface area contributed by atoms with E-state index in [0.29, 0.717) is 6.54 Å². The molecule has 1 fully saturated rings. The number of aromatic amines is 1. The first-order valence-corrected chi connectivity index (χ1v) is 5.98. The fraction of sp³-hybridized carbons (Fsp3) is 0.636. The van der Waals surface area contributed by atoms with Gasteiger partial charge in [-0.25, -0.2) is 4.79 Å². The van der Waals surface area contributed by atoms with Crippen molar-refractivity contribution in [3.63, 3.8) is 0 Å². The SMILES string of the molecule is CCn1c(N)c(NC2CC(OC)C2)c(=O)[nH]c1=O. The minimum Gasteiger partial charge on any atom is -0.383 e. The molecule has 0 amide bonds. The average Bonchev–Trinajstić information content (AvgIpc) is 2.26. The van der Waals surface area contributed by atoms with Crippen LogP contribution in [0.4, 0.5) is 11.5 Å². The Bertz CT molecular complexity index is 542. The second kappa shape index (κ2) is 4.85. The van der Waals surface area contributed by atoms with Crippen molar-refractivity contribution in [2.45, 2.75) is 38.5 Å². The minimum absolute atomic E-state index is 0.168. The molecule has 7 heteroatoms. The molecule has 1 aliphatic carbocycles. The quantitative estimate of drug-likeness (QED) is 0.686. The zero-order chi connectivity index (χ0) is 13.3. The van der Waals surface area contributed by atoms with Crippen LogP contribution >= 0.6 is 0 Å². The molecule has 1 aromatic rings. The molecule has 1 aliphatic rings. The molecule has 0 aliphatic heterocycles. The molecule has 1 saturated carbocycles. The fourth-order valence-electron chi connectivity index (χ4n) is 2.12. The van der Waals surface area contributed by atoms with E-state index in [2.05, 4.69) is 10.3 Å². The number of nitrogen functional groups attached to an aromatic ring is 1. The van der Waals surface area contributed by atoms with Crippen LogP contribution in [0.15, 0.2) is 9.59 Å². The Balaban J connectivity index is 2.23. The summed E-state index contributed by atoms with van der Waals surface area (Å²) in [5.74, 6) is 0.187. The lowest BCUT2D eigenvalue weighted by atomic mass is 9.89. The summed E-state index contributed by atoms with van der Waals surface area (Å²) in [4.78, 5) is 25.5. The number of nitrogens with one attached hydrogen (secondary N) is 2. The molecular formula is C11H18N4O3. The fourth-order valence-corrected chi connectivity index (χ4v) is 2.12. The number of nitrogens with two attached hydrogens (primary N) is 1. The zero-order valence-electron chi connectivity index (χ0n) is 10.5. The van der Waals surface area contributed by atoms with Gasteiger partial charge in [0.25, 0.3) is 5.56 Å². The topological polar surface area (TPSA) is 102 Å². The largest absolute Gasteiger partial charge is 0.383 e. The van der Waals surface area contributed by atoms with E-state index in [-0.39, 0.29) is 23.7 Å². The molecule has 0 spiro atoms. The Morgan fingerprint density at radius 2 is 2.17 bits per heavy atom. The molecule has 1 heterocycles. The molecule has 0 unspecified atom stereocenters. The van der Waals surface area contributed by atoms with Crippen molar-refractivity contribution in [3.05, 3.63) is 20.8 Å². The molecule has 100 valence electrons. The maximum absolute atomic E-state index is 11.7. The summed E-state index contributed by atoms with van der Waals surface area (Å²) >= 11 is 0. The third-order valence-electron chi connectivity index (χ3n) is 3.33. The maximum atomic E-state index is 11.7. The predicted molar refractivity (Wildman–Crippen MR) is 68.9 cm³/mol. The Labute approximate surface area is 104 Å². The number of hydrogen-bond acceptors (Lipinski definition) is 5. The lowest BCUT2D eigenvalue weighted by Crippen LogP contribution is -2.43. The summed E-state index contributed by atoms with van der Waals surface area (Å²) in [5.41, 5.74) is 5.17. The van der Waals surface area contributed by atoms with E-state index in [0.717, 1.165) is 12.8 Å². The molecule has 0 bridgehead atoms. The summed E-state index contributed by atoms with van der Waals surface area (Å²) in [6.07, 6.45) is 1.90. The Morgan fingerprint density at radius 1 is 1.50 bits per heavy atom. The first-order chi connectivity index (χ1) is 8.56. The van der Waals surface area contributed by atoms with Crippen molar-refractivity contribution in [1.29, 1.82) is 0 Å². The van der Waals surface area contributed by atoms with Gasteiger partial charge in [-0.1, -0.05) is 0 Å². The Hall–Kier alpha value is -1.76. The normalized spacial score (nSPS) is 22.6. The van der Waals surface area contributed by atoms with Gasteiger partial charge in [-0.15, -0.1) is 0 Å². The third-order valence-corrected chi connectivity index (χ3v) is 3.33. The molecule has 7 nitrogen and oxygen atoms in total. The summed E-state index contributed by atoms with van der Waals surface area (Å²) in [7, 11) is 1.67. The molecular weight excluding hydrogens is 236 g/mol. The molecule has 18 heavy (non-hydrogen) atoms. The van der Waals surface area contributed by atoms with Crippen molar-refractivity contribution in [3.8, 4) is 0 Å². The number of methoxy groups -OCH3 is 1. The smallest absolute Gasteiger partial charge is 0.330 e. The van der Waals surface area contributed by atoms with Crippen LogP contribution in [-0.4, -0.2) is 28.8 Å². The summed E-state index contributed by atoms with van der Waals surface area (Å²) in [5, 5.41) is 3.07. The number of ether oxygens (including phenoxy) is 1. The molecule has 2 rings (SSSR count). The van der Waals surface area contributed by atoms with Crippen LogP contribution in [0.2, 0.25) is 0 Å². The van der Waals surface area contributed by atoms with Gasteiger partial charge in [-0.3, -0.25) is 14.3 Å². The van der Waals surface area contributed by atoms with Crippen LogP contribution in [-0.2, 0) is 11.3 Å². The van der Waals surface area contributed by atoms with E-state index in [1.165, 1.54) is 4.57 Å². The van der Waals surface area contributed by atoms with Gasteiger partial charge < -0.3 is 15.8 Å². The zero-order valence-corrected chi connectivity index (χ0v) is 10.5. The molecule has 4 N–H and O–H groups in total. The average molecular weight is 254 g/mol. The van der Waals surface area contributed by atoms with Crippen LogP contribution in [0.5, 0.6) is 0 Å². The highest BCUT2D eigenvalue weighted by Gasteiger charge is 2.30. The Morgan fingerprint density at radius 3 is 2.72 bits per heavy atom. The van der Waals surface area contributed by atoms with Gasteiger partial charge in [0.2, 0.25) is 0 Å². The van der Waals surface area contributed by atoms with Gasteiger partial charge in [0.1, 0.15) is 11.5 Å². The van der Waals surface area contributed by atoms with E-state index in [1.807, 2.05) is 0 Å². The van der Waals surface area contributed by atoms with E-state index in [1.54, 1.807) is 14.0 Å². The monoisotopic (exact) mass is 254 g/mol. The van der Waals surface area contributed by atoms with E-state index >= 15 is 0 Å². The van der Waals surface area contributed by atoms with Crippen molar-refractivity contribution < 1.29 is 4.74 Å². The lowest BCUT2D eigenvalue weighted by molar-refractivity contribution is 0.0328. The van der Waals surface area contributed by atoms with Crippen molar-refractivity contribution >= 4 is 11.5 Å². The number of rotatable bonds is 4. The molecule has 0 radical (unpaired) electrons. The van der Waals surface area contributed by atoms with Crippen LogP contribution in [0, 0.1) is 0 Å². The van der Waals surface area contributed by atoms with Crippen LogP contribution < -0.4 is 22.3 Å². The summed E-state index contributed by atoms with van der Waals surface area (Å²) in [6, 6.07) is 0.168. The number of hydrogen-bond donors (Lipinski definition) is 3. The van der Waals surface area contributed by atoms with Gasteiger partial charge in [0, 0.05) is 19.7 Å². The predicted octanol–water partition coefficient (Wildman–Crippen LogP) is -0.272. The first kappa shape index (κ1) is 12.7. The highest BCUT2D eigenvalue weighted by molar-refractivity contribution is 5.61. The van der Waals surface area contributed by atoms with Crippen LogP contribution in [0.25, 0.3) is 0 Å². The van der Waals surface area contributed by atoms with Crippen molar-refractivity contribution in [2.24, 2.45) is 0 Å². The third kappa shape index (κ3) is 2.13. The van der Waals surface area contributed by atoms with Crippen molar-refractivity contribution in [2.75, 3.05) is 18.2 Å². The van der Waals surface area contributed by atoms with Crippen LogP contribution in [0.3, 0.4) is 0 Å². The second-order valence-electron chi connectivity index (χ2n) is 4.43.